The second kappa shape index (κ2) is 6.74. The highest BCUT2D eigenvalue weighted by Gasteiger charge is 2.28. The normalized spacial score (nSPS) is 12.2. The summed E-state index contributed by atoms with van der Waals surface area (Å²) in [6, 6.07) is 15.1. The molecular formula is C26H31N2+. The molecule has 3 aromatic rings. The molecule has 1 aromatic heterocycles. The first-order chi connectivity index (χ1) is 12.9. The van der Waals surface area contributed by atoms with Crippen molar-refractivity contribution in [3.8, 4) is 17.3 Å². The van der Waals surface area contributed by atoms with Crippen LogP contribution in [-0.4, -0.2) is 0 Å². The van der Waals surface area contributed by atoms with E-state index < -0.39 is 0 Å². The van der Waals surface area contributed by atoms with E-state index in [1.807, 2.05) is 12.1 Å². The minimum absolute atomic E-state index is 0.0571. The molecule has 0 N–H and O–H groups in total. The molecule has 0 bridgehead atoms. The molecular weight excluding hydrogens is 340 g/mol. The smallest absolute Gasteiger partial charge is 0.201 e. The molecule has 28 heavy (non-hydrogen) atoms. The average Bonchev–Trinajstić information content (AvgIpc) is 2.59. The van der Waals surface area contributed by atoms with Crippen LogP contribution in [0.4, 0.5) is 0 Å². The molecule has 0 unspecified atom stereocenters. The SMILES string of the molecule is Cc1cc2ccc(C#N)cc2c(C(C)(C)C)c1-c1cc(C(C)(C)C)cc[n+]1C. The molecule has 0 aliphatic carbocycles. The van der Waals surface area contributed by atoms with E-state index in [9.17, 15) is 5.26 Å². The van der Waals surface area contributed by atoms with Crippen molar-refractivity contribution in [1.29, 1.82) is 5.26 Å². The molecule has 0 aliphatic rings. The first-order valence-electron chi connectivity index (χ1n) is 9.92. The molecule has 2 heteroatoms. The van der Waals surface area contributed by atoms with Crippen LogP contribution < -0.4 is 4.57 Å². The van der Waals surface area contributed by atoms with Gasteiger partial charge in [0, 0.05) is 12.1 Å². The number of aromatic nitrogens is 1. The van der Waals surface area contributed by atoms with Gasteiger partial charge in [0.15, 0.2) is 6.20 Å². The third kappa shape index (κ3) is 3.54. The Kier molecular flexibility index (Phi) is 4.84. The number of benzene rings is 2. The zero-order valence-electron chi connectivity index (χ0n) is 18.4. The number of hydrogen-bond acceptors (Lipinski definition) is 1. The first kappa shape index (κ1) is 20.1. The van der Waals surface area contributed by atoms with Gasteiger partial charge >= 0.3 is 0 Å². The maximum Gasteiger partial charge on any atom is 0.213 e. The van der Waals surface area contributed by atoms with Gasteiger partial charge in [0.05, 0.1) is 17.2 Å². The highest BCUT2D eigenvalue weighted by atomic mass is 14.9. The van der Waals surface area contributed by atoms with Crippen LogP contribution in [0.5, 0.6) is 0 Å². The van der Waals surface area contributed by atoms with Crippen molar-refractivity contribution < 1.29 is 4.57 Å². The lowest BCUT2D eigenvalue weighted by Crippen LogP contribution is -2.33. The Morgan fingerprint density at radius 1 is 0.893 bits per heavy atom. The summed E-state index contributed by atoms with van der Waals surface area (Å²) in [7, 11) is 2.11. The Balaban J connectivity index is 2.48. The summed E-state index contributed by atoms with van der Waals surface area (Å²) in [6.45, 7) is 15.7. The number of rotatable bonds is 1. The molecule has 0 spiro atoms. The average molecular weight is 372 g/mol. The van der Waals surface area contributed by atoms with E-state index in [2.05, 4.69) is 96.6 Å². The summed E-state index contributed by atoms with van der Waals surface area (Å²) < 4.78 is 2.22. The third-order valence-corrected chi connectivity index (χ3v) is 5.49. The molecule has 2 aromatic carbocycles. The van der Waals surface area contributed by atoms with E-state index in [4.69, 9.17) is 0 Å². The molecule has 3 rings (SSSR count). The molecule has 144 valence electrons. The second-order valence-electron chi connectivity index (χ2n) is 9.90. The largest absolute Gasteiger partial charge is 0.213 e. The number of nitriles is 1. The van der Waals surface area contributed by atoms with Crippen molar-refractivity contribution in [2.75, 3.05) is 0 Å². The lowest BCUT2D eigenvalue weighted by molar-refractivity contribution is -0.660. The topological polar surface area (TPSA) is 27.7 Å². The highest BCUT2D eigenvalue weighted by molar-refractivity contribution is 5.94. The Hall–Kier alpha value is -2.66. The quantitative estimate of drug-likeness (QED) is 0.474. The molecule has 0 atom stereocenters. The zero-order valence-corrected chi connectivity index (χ0v) is 18.4. The van der Waals surface area contributed by atoms with Gasteiger partial charge in [-0.15, -0.1) is 0 Å². The standard InChI is InChI=1S/C26H31N2/c1-17-13-19-10-9-18(16-27)14-21(19)24(26(5,6)7)23(17)22-15-20(25(2,3)4)11-12-28(22)8/h9-15H,1-8H3/q+1. The lowest BCUT2D eigenvalue weighted by Gasteiger charge is -2.27. The fraction of sp³-hybridized carbons (Fsp3) is 0.385. The summed E-state index contributed by atoms with van der Waals surface area (Å²) in [5, 5.41) is 11.8. The Morgan fingerprint density at radius 2 is 1.57 bits per heavy atom. The fourth-order valence-corrected chi connectivity index (χ4v) is 4.00. The van der Waals surface area contributed by atoms with Crippen molar-refractivity contribution >= 4 is 10.8 Å². The van der Waals surface area contributed by atoms with Gasteiger partial charge in [0.25, 0.3) is 0 Å². The summed E-state index contributed by atoms with van der Waals surface area (Å²) in [4.78, 5) is 0. The van der Waals surface area contributed by atoms with Crippen molar-refractivity contribution in [1.82, 2.24) is 0 Å². The van der Waals surface area contributed by atoms with Gasteiger partial charge in [0.1, 0.15) is 7.05 Å². The van der Waals surface area contributed by atoms with Crippen LogP contribution in [0.25, 0.3) is 22.0 Å². The van der Waals surface area contributed by atoms with Gasteiger partial charge in [0.2, 0.25) is 5.69 Å². The van der Waals surface area contributed by atoms with E-state index in [0.29, 0.717) is 5.56 Å². The minimum atomic E-state index is -0.0571. The molecule has 1 heterocycles. The van der Waals surface area contributed by atoms with Crippen LogP contribution in [0.2, 0.25) is 0 Å². The van der Waals surface area contributed by atoms with Gasteiger partial charge in [-0.2, -0.15) is 5.26 Å². The van der Waals surface area contributed by atoms with Crippen LogP contribution in [0.1, 0.15) is 63.8 Å². The van der Waals surface area contributed by atoms with Gasteiger partial charge in [-0.25, -0.2) is 4.57 Å². The molecule has 0 radical (unpaired) electrons. The predicted octanol–water partition coefficient (Wildman–Crippen LogP) is 6.11. The van der Waals surface area contributed by atoms with Crippen LogP contribution in [0, 0.1) is 18.3 Å². The molecule has 2 nitrogen and oxygen atoms in total. The second-order valence-corrected chi connectivity index (χ2v) is 9.90. The number of pyridine rings is 1. The highest BCUT2D eigenvalue weighted by Crippen LogP contribution is 2.40. The number of hydrogen-bond donors (Lipinski definition) is 0. The van der Waals surface area contributed by atoms with Gasteiger partial charge < -0.3 is 0 Å². The van der Waals surface area contributed by atoms with Gasteiger partial charge in [-0.3, -0.25) is 0 Å². The van der Waals surface area contributed by atoms with Crippen molar-refractivity contribution in [2.24, 2.45) is 7.05 Å². The first-order valence-corrected chi connectivity index (χ1v) is 9.92. The summed E-state index contributed by atoms with van der Waals surface area (Å²) in [6.07, 6.45) is 2.16. The van der Waals surface area contributed by atoms with Crippen LogP contribution in [-0.2, 0) is 17.9 Å². The summed E-state index contributed by atoms with van der Waals surface area (Å²) in [5.41, 5.74) is 7.14. The molecule has 0 fully saturated rings. The molecule has 0 aliphatic heterocycles. The van der Waals surface area contributed by atoms with Crippen LogP contribution in [0.15, 0.2) is 42.6 Å². The number of aryl methyl sites for hydroxylation is 2. The fourth-order valence-electron chi connectivity index (χ4n) is 4.00. The Bertz CT molecular complexity index is 1100. The van der Waals surface area contributed by atoms with Crippen LogP contribution in [0.3, 0.4) is 0 Å². The zero-order chi connectivity index (χ0) is 20.9. The number of fused-ring (bicyclic) bond motifs is 1. The maximum absolute atomic E-state index is 9.45. The monoisotopic (exact) mass is 371 g/mol. The van der Waals surface area contributed by atoms with Crippen molar-refractivity contribution in [3.63, 3.8) is 0 Å². The van der Waals surface area contributed by atoms with E-state index in [1.54, 1.807) is 0 Å². The number of nitrogens with zero attached hydrogens (tertiary/aromatic N) is 2. The third-order valence-electron chi connectivity index (χ3n) is 5.49. The lowest BCUT2D eigenvalue weighted by atomic mass is 9.77. The summed E-state index contributed by atoms with van der Waals surface area (Å²) in [5.74, 6) is 0. The summed E-state index contributed by atoms with van der Waals surface area (Å²) >= 11 is 0. The van der Waals surface area contributed by atoms with E-state index >= 15 is 0 Å². The molecule has 0 saturated carbocycles. The predicted molar refractivity (Wildman–Crippen MR) is 117 cm³/mol. The van der Waals surface area contributed by atoms with E-state index in [1.165, 1.54) is 38.7 Å². The van der Waals surface area contributed by atoms with Gasteiger partial charge in [-0.1, -0.05) is 53.7 Å². The molecule has 0 amide bonds. The Labute approximate surface area is 169 Å². The van der Waals surface area contributed by atoms with E-state index in [0.717, 1.165) is 0 Å². The van der Waals surface area contributed by atoms with E-state index in [-0.39, 0.29) is 10.8 Å². The maximum atomic E-state index is 9.45. The van der Waals surface area contributed by atoms with Gasteiger partial charge in [-0.05, 0) is 57.3 Å². The molecule has 0 saturated heterocycles. The van der Waals surface area contributed by atoms with Crippen LogP contribution >= 0.6 is 0 Å². The Morgan fingerprint density at radius 3 is 2.14 bits per heavy atom. The van der Waals surface area contributed by atoms with Crippen molar-refractivity contribution in [3.05, 3.63) is 64.8 Å². The van der Waals surface area contributed by atoms with Crippen molar-refractivity contribution in [2.45, 2.75) is 59.3 Å². The minimum Gasteiger partial charge on any atom is -0.201 e.